The van der Waals surface area contributed by atoms with Gasteiger partial charge < -0.3 is 20.9 Å². The molecule has 0 spiro atoms. The van der Waals surface area contributed by atoms with Gasteiger partial charge in [0, 0.05) is 0 Å². The summed E-state index contributed by atoms with van der Waals surface area (Å²) in [7, 11) is 0. The van der Waals surface area contributed by atoms with Gasteiger partial charge in [-0.05, 0) is 48.9 Å². The Hall–Kier alpha value is -4.43. The SMILES string of the molecule is CC(Oc1cccc(CN2C(=O)c3cccc(NC(=O)c4ccc(Cl)s4)c3C2=O)c1)C(=N)N.O=C(O)C(F)(F)F. The highest BCUT2D eigenvalue weighted by molar-refractivity contribution is 7.18. The molecule has 40 heavy (non-hydrogen) atoms. The first-order valence-electron chi connectivity index (χ1n) is 11.1. The third-order valence-corrected chi connectivity index (χ3v) is 6.51. The fourth-order valence-corrected chi connectivity index (χ4v) is 4.31. The van der Waals surface area contributed by atoms with Crippen molar-refractivity contribution in [1.29, 1.82) is 5.41 Å². The van der Waals surface area contributed by atoms with E-state index in [4.69, 9.17) is 37.4 Å². The number of carbonyl (C=O) groups is 4. The lowest BCUT2D eigenvalue weighted by atomic mass is 10.1. The van der Waals surface area contributed by atoms with E-state index >= 15 is 0 Å². The van der Waals surface area contributed by atoms with Crippen molar-refractivity contribution >= 4 is 58.2 Å². The molecule has 1 unspecified atom stereocenters. The number of carbonyl (C=O) groups excluding carboxylic acids is 3. The number of carboxylic acids is 1. The summed E-state index contributed by atoms with van der Waals surface area (Å²) >= 11 is 7.02. The Morgan fingerprint density at radius 3 is 2.38 bits per heavy atom. The highest BCUT2D eigenvalue weighted by Gasteiger charge is 2.39. The minimum atomic E-state index is -5.08. The zero-order valence-electron chi connectivity index (χ0n) is 20.4. The summed E-state index contributed by atoms with van der Waals surface area (Å²) in [6.07, 6.45) is -5.69. The van der Waals surface area contributed by atoms with Gasteiger partial charge in [0.2, 0.25) is 0 Å². The Morgan fingerprint density at radius 2 is 1.80 bits per heavy atom. The lowest BCUT2D eigenvalue weighted by Gasteiger charge is -2.16. The molecule has 4 rings (SSSR count). The first-order valence-corrected chi connectivity index (χ1v) is 12.3. The zero-order valence-corrected chi connectivity index (χ0v) is 22.0. The number of rotatable bonds is 7. The fraction of sp³-hybridized carbons (Fsp3) is 0.160. The van der Waals surface area contributed by atoms with Crippen molar-refractivity contribution in [1.82, 2.24) is 4.90 Å². The van der Waals surface area contributed by atoms with Crippen LogP contribution in [0.2, 0.25) is 4.34 Å². The molecule has 3 aromatic rings. The summed E-state index contributed by atoms with van der Waals surface area (Å²) in [5.41, 5.74) is 6.74. The van der Waals surface area contributed by atoms with Gasteiger partial charge in [0.15, 0.2) is 6.10 Å². The van der Waals surface area contributed by atoms with Crippen molar-refractivity contribution in [3.05, 3.63) is 80.5 Å². The Balaban J connectivity index is 0.000000559. The van der Waals surface area contributed by atoms with Gasteiger partial charge in [-0.1, -0.05) is 29.8 Å². The second-order valence-electron chi connectivity index (χ2n) is 8.15. The van der Waals surface area contributed by atoms with Crippen LogP contribution in [0.5, 0.6) is 5.75 Å². The Morgan fingerprint density at radius 1 is 1.15 bits per heavy atom. The zero-order chi connectivity index (χ0) is 29.8. The molecule has 210 valence electrons. The minimum absolute atomic E-state index is 0.0198. The molecule has 1 aromatic heterocycles. The van der Waals surface area contributed by atoms with Crippen LogP contribution in [0.15, 0.2) is 54.6 Å². The number of benzene rings is 2. The molecule has 10 nitrogen and oxygen atoms in total. The smallest absolute Gasteiger partial charge is 0.483 e. The van der Waals surface area contributed by atoms with Crippen molar-refractivity contribution < 1.29 is 42.2 Å². The number of carboxylic acid groups (broad SMARTS) is 1. The van der Waals surface area contributed by atoms with E-state index in [1.165, 1.54) is 0 Å². The number of amidine groups is 1. The lowest BCUT2D eigenvalue weighted by Crippen LogP contribution is -2.30. The maximum atomic E-state index is 13.2. The van der Waals surface area contributed by atoms with E-state index in [0.29, 0.717) is 20.5 Å². The molecule has 2 heterocycles. The first-order chi connectivity index (χ1) is 18.7. The molecule has 0 radical (unpaired) electrons. The van der Waals surface area contributed by atoms with Crippen LogP contribution in [-0.4, -0.2) is 51.8 Å². The lowest BCUT2D eigenvalue weighted by molar-refractivity contribution is -0.192. The van der Waals surface area contributed by atoms with E-state index in [-0.39, 0.29) is 29.2 Å². The third kappa shape index (κ3) is 7.15. The molecular formula is C25H20ClF3N4O6S. The van der Waals surface area contributed by atoms with Gasteiger partial charge in [0.05, 0.1) is 32.6 Å². The van der Waals surface area contributed by atoms with Gasteiger partial charge in [-0.2, -0.15) is 13.2 Å². The number of nitrogens with two attached hydrogens (primary N) is 1. The summed E-state index contributed by atoms with van der Waals surface area (Å²) in [5, 5.41) is 17.3. The molecular weight excluding hydrogens is 577 g/mol. The van der Waals surface area contributed by atoms with Crippen LogP contribution in [0, 0.1) is 5.41 Å². The number of nitrogens with zero attached hydrogens (tertiary/aromatic N) is 1. The number of hydrogen-bond donors (Lipinski definition) is 4. The second kappa shape index (κ2) is 12.2. The highest BCUT2D eigenvalue weighted by atomic mass is 35.5. The monoisotopic (exact) mass is 596 g/mol. The van der Waals surface area contributed by atoms with Gasteiger partial charge >= 0.3 is 12.1 Å². The summed E-state index contributed by atoms with van der Waals surface area (Å²) in [6.45, 7) is 1.67. The van der Waals surface area contributed by atoms with Crippen LogP contribution in [0.3, 0.4) is 0 Å². The molecule has 15 heteroatoms. The number of alkyl halides is 3. The topological polar surface area (TPSA) is 163 Å². The van der Waals surface area contributed by atoms with E-state index in [1.54, 1.807) is 61.5 Å². The van der Waals surface area contributed by atoms with E-state index in [0.717, 1.165) is 16.2 Å². The molecule has 1 atom stereocenters. The van der Waals surface area contributed by atoms with Crippen LogP contribution >= 0.6 is 22.9 Å². The average molecular weight is 597 g/mol. The van der Waals surface area contributed by atoms with Crippen molar-refractivity contribution in [2.45, 2.75) is 25.7 Å². The van der Waals surface area contributed by atoms with Gasteiger partial charge in [0.25, 0.3) is 17.7 Å². The Bertz CT molecular complexity index is 1490. The molecule has 0 saturated carbocycles. The minimum Gasteiger partial charge on any atom is -0.483 e. The highest BCUT2D eigenvalue weighted by Crippen LogP contribution is 2.32. The van der Waals surface area contributed by atoms with Crippen LogP contribution in [0.25, 0.3) is 0 Å². The predicted molar refractivity (Wildman–Crippen MR) is 140 cm³/mol. The van der Waals surface area contributed by atoms with E-state index in [1.807, 2.05) is 0 Å². The van der Waals surface area contributed by atoms with E-state index in [9.17, 15) is 27.6 Å². The maximum Gasteiger partial charge on any atom is 0.490 e. The quantitative estimate of drug-likeness (QED) is 0.173. The number of hydrogen-bond acceptors (Lipinski definition) is 7. The van der Waals surface area contributed by atoms with Crippen molar-refractivity contribution in [2.24, 2.45) is 5.73 Å². The van der Waals surface area contributed by atoms with Gasteiger partial charge in [-0.15, -0.1) is 11.3 Å². The number of anilines is 1. The molecule has 0 saturated heterocycles. The molecule has 2 aromatic carbocycles. The number of nitrogens with one attached hydrogen (secondary N) is 2. The third-order valence-electron chi connectivity index (χ3n) is 5.28. The van der Waals surface area contributed by atoms with Crippen LogP contribution in [0.4, 0.5) is 18.9 Å². The number of halogens is 4. The van der Waals surface area contributed by atoms with Crippen molar-refractivity contribution in [3.63, 3.8) is 0 Å². The van der Waals surface area contributed by atoms with Crippen molar-refractivity contribution in [3.8, 4) is 5.75 Å². The van der Waals surface area contributed by atoms with Gasteiger partial charge in [-0.25, -0.2) is 4.79 Å². The van der Waals surface area contributed by atoms with E-state index < -0.39 is 36.0 Å². The second-order valence-corrected chi connectivity index (χ2v) is 9.86. The average Bonchev–Trinajstić information content (AvgIpc) is 3.41. The largest absolute Gasteiger partial charge is 0.490 e. The number of amides is 3. The molecule has 1 aliphatic heterocycles. The van der Waals surface area contributed by atoms with Crippen LogP contribution in [-0.2, 0) is 11.3 Å². The van der Waals surface area contributed by atoms with E-state index in [2.05, 4.69) is 5.32 Å². The first kappa shape index (κ1) is 30.1. The number of aliphatic carboxylic acids is 1. The number of thiophene rings is 1. The van der Waals surface area contributed by atoms with Crippen LogP contribution < -0.4 is 15.8 Å². The summed E-state index contributed by atoms with van der Waals surface area (Å²) in [4.78, 5) is 49.1. The maximum absolute atomic E-state index is 13.2. The summed E-state index contributed by atoms with van der Waals surface area (Å²) in [5.74, 6) is -3.77. The van der Waals surface area contributed by atoms with Gasteiger partial charge in [0.1, 0.15) is 11.6 Å². The number of imide groups is 1. The fourth-order valence-electron chi connectivity index (χ4n) is 3.37. The predicted octanol–water partition coefficient (Wildman–Crippen LogP) is 4.79. The Kier molecular flexibility index (Phi) is 9.17. The normalized spacial score (nSPS) is 13.2. The number of ether oxygens (including phenoxy) is 1. The standard InChI is InChI=1S/C23H19ClN4O4S.C2HF3O2/c1-12(20(25)26)32-14-5-2-4-13(10-14)11-28-22(30)15-6-3-7-16(19(15)23(28)31)27-21(29)17-8-9-18(24)33-17;3-2(4,5)1(6)7/h2-10,12H,11H2,1H3,(H3,25,26)(H,27,29);(H,6,7). The molecule has 0 aliphatic carbocycles. The van der Waals surface area contributed by atoms with Gasteiger partial charge in [-0.3, -0.25) is 24.7 Å². The number of fused-ring (bicyclic) bond motifs is 1. The Labute approximate surface area is 233 Å². The summed E-state index contributed by atoms with van der Waals surface area (Å²) < 4.78 is 37.8. The molecule has 0 bridgehead atoms. The molecule has 1 aliphatic rings. The van der Waals surface area contributed by atoms with Crippen molar-refractivity contribution in [2.75, 3.05) is 5.32 Å². The summed E-state index contributed by atoms with van der Waals surface area (Å²) in [6, 6.07) is 14.8. The molecule has 5 N–H and O–H groups in total. The molecule has 3 amide bonds. The van der Waals surface area contributed by atoms with Crippen LogP contribution in [0.1, 0.15) is 42.9 Å². The molecule has 0 fully saturated rings.